The molecule has 0 radical (unpaired) electrons. The lowest BCUT2D eigenvalue weighted by Crippen LogP contribution is -2.26. The Labute approximate surface area is 170 Å². The van der Waals surface area contributed by atoms with Gasteiger partial charge in [-0.3, -0.25) is 9.48 Å². The maximum Gasteiger partial charge on any atom is 0.264 e. The summed E-state index contributed by atoms with van der Waals surface area (Å²) in [5.74, 6) is 1.52. The molecule has 0 aliphatic carbocycles. The maximum atomic E-state index is 12.7. The molecule has 0 aliphatic heterocycles. The van der Waals surface area contributed by atoms with Crippen LogP contribution in [0.3, 0.4) is 0 Å². The fraction of sp³-hybridized carbons (Fsp3) is 0.263. The number of amides is 1. The number of methoxy groups -OCH3 is 1. The van der Waals surface area contributed by atoms with E-state index < -0.39 is 0 Å². The topological polar surface area (TPSA) is 56.6 Å². The number of hydrogen-bond donors (Lipinski definition) is 0. The fourth-order valence-corrected chi connectivity index (χ4v) is 3.86. The molecule has 3 aromatic rings. The standard InChI is InChI=1S/C19H20BrN3O3S/c1-22(10-17-16(20)9-21-23(17)2)19(24)18-8-13(12-27-18)11-26-15-6-4-14(25-3)5-7-15/h4-9,12H,10-11H2,1-3H3. The molecule has 2 heterocycles. The number of benzene rings is 1. The van der Waals surface area contributed by atoms with E-state index in [9.17, 15) is 4.79 Å². The van der Waals surface area contributed by atoms with Gasteiger partial charge in [0.15, 0.2) is 0 Å². The largest absolute Gasteiger partial charge is 0.497 e. The summed E-state index contributed by atoms with van der Waals surface area (Å²) in [6, 6.07) is 9.30. The van der Waals surface area contributed by atoms with Crippen LogP contribution in [0.5, 0.6) is 11.5 Å². The molecule has 0 saturated heterocycles. The summed E-state index contributed by atoms with van der Waals surface area (Å²) < 4.78 is 13.6. The third-order valence-corrected chi connectivity index (χ3v) is 5.70. The number of carbonyl (C=O) groups is 1. The van der Waals surface area contributed by atoms with E-state index in [-0.39, 0.29) is 5.91 Å². The number of thiophene rings is 1. The number of aromatic nitrogens is 2. The third-order valence-electron chi connectivity index (χ3n) is 4.07. The van der Waals surface area contributed by atoms with Crippen molar-refractivity contribution in [2.24, 2.45) is 7.05 Å². The quantitative estimate of drug-likeness (QED) is 0.544. The lowest BCUT2D eigenvalue weighted by molar-refractivity contribution is 0.0786. The van der Waals surface area contributed by atoms with Gasteiger partial charge >= 0.3 is 0 Å². The summed E-state index contributed by atoms with van der Waals surface area (Å²) in [6.07, 6.45) is 1.73. The fourth-order valence-electron chi connectivity index (χ4n) is 2.50. The van der Waals surface area contributed by atoms with Gasteiger partial charge in [-0.25, -0.2) is 0 Å². The predicted molar refractivity (Wildman–Crippen MR) is 108 cm³/mol. The Morgan fingerprint density at radius 3 is 2.63 bits per heavy atom. The van der Waals surface area contributed by atoms with Gasteiger partial charge in [0.2, 0.25) is 0 Å². The first-order chi connectivity index (χ1) is 13.0. The number of rotatable bonds is 7. The van der Waals surface area contributed by atoms with Gasteiger partial charge in [0.05, 0.1) is 34.9 Å². The molecule has 6 nitrogen and oxygen atoms in total. The molecule has 0 fully saturated rings. The van der Waals surface area contributed by atoms with Crippen LogP contribution in [0.15, 0.2) is 46.4 Å². The maximum absolute atomic E-state index is 12.7. The highest BCUT2D eigenvalue weighted by molar-refractivity contribution is 9.10. The van der Waals surface area contributed by atoms with Gasteiger partial charge in [-0.15, -0.1) is 11.3 Å². The molecule has 0 saturated carbocycles. The van der Waals surface area contributed by atoms with E-state index in [4.69, 9.17) is 9.47 Å². The molecule has 1 aromatic carbocycles. The second-order valence-corrected chi connectivity index (χ2v) is 7.77. The van der Waals surface area contributed by atoms with Gasteiger partial charge < -0.3 is 14.4 Å². The Morgan fingerprint density at radius 2 is 2.00 bits per heavy atom. The van der Waals surface area contributed by atoms with E-state index in [1.165, 1.54) is 11.3 Å². The third kappa shape index (κ3) is 4.70. The van der Waals surface area contributed by atoms with Crippen LogP contribution in [-0.4, -0.2) is 34.7 Å². The van der Waals surface area contributed by atoms with Crippen molar-refractivity contribution < 1.29 is 14.3 Å². The van der Waals surface area contributed by atoms with Crippen molar-refractivity contribution in [1.29, 1.82) is 0 Å². The number of aryl methyl sites for hydroxylation is 1. The van der Waals surface area contributed by atoms with Gasteiger partial charge in [0, 0.05) is 19.7 Å². The number of carbonyl (C=O) groups excluding carboxylic acids is 1. The molecule has 27 heavy (non-hydrogen) atoms. The zero-order valence-electron chi connectivity index (χ0n) is 15.3. The van der Waals surface area contributed by atoms with Gasteiger partial charge in [-0.1, -0.05) is 0 Å². The van der Waals surface area contributed by atoms with E-state index in [1.54, 1.807) is 29.9 Å². The molecule has 0 bridgehead atoms. The molecule has 0 N–H and O–H groups in total. The summed E-state index contributed by atoms with van der Waals surface area (Å²) in [5.41, 5.74) is 1.92. The number of hydrogen-bond acceptors (Lipinski definition) is 5. The molecule has 0 spiro atoms. The van der Waals surface area contributed by atoms with Crippen LogP contribution in [0, 0.1) is 0 Å². The second kappa shape index (κ2) is 8.58. The molecule has 0 atom stereocenters. The van der Waals surface area contributed by atoms with Crippen LogP contribution in [0.4, 0.5) is 0 Å². The van der Waals surface area contributed by atoms with Gasteiger partial charge in [-0.2, -0.15) is 5.10 Å². The Balaban J connectivity index is 1.59. The lowest BCUT2D eigenvalue weighted by atomic mass is 10.3. The van der Waals surface area contributed by atoms with Crippen LogP contribution in [0.1, 0.15) is 20.9 Å². The minimum absolute atomic E-state index is 0.0243. The average Bonchev–Trinajstić information content (AvgIpc) is 3.28. The minimum atomic E-state index is -0.0243. The van der Waals surface area contributed by atoms with E-state index >= 15 is 0 Å². The van der Waals surface area contributed by atoms with E-state index in [0.717, 1.165) is 27.2 Å². The normalized spacial score (nSPS) is 10.7. The monoisotopic (exact) mass is 449 g/mol. The minimum Gasteiger partial charge on any atom is -0.497 e. The van der Waals surface area contributed by atoms with Crippen LogP contribution < -0.4 is 9.47 Å². The van der Waals surface area contributed by atoms with Crippen molar-refractivity contribution >= 4 is 33.2 Å². The van der Waals surface area contributed by atoms with E-state index in [0.29, 0.717) is 18.0 Å². The molecular weight excluding hydrogens is 430 g/mol. The molecule has 2 aromatic heterocycles. The predicted octanol–water partition coefficient (Wildman–Crippen LogP) is 4.10. The SMILES string of the molecule is COc1ccc(OCc2csc(C(=O)N(C)Cc3c(Br)cnn3C)c2)cc1. The smallest absolute Gasteiger partial charge is 0.264 e. The Hall–Kier alpha value is -2.32. The lowest BCUT2D eigenvalue weighted by Gasteiger charge is -2.16. The molecule has 8 heteroatoms. The van der Waals surface area contributed by atoms with Crippen molar-refractivity contribution in [1.82, 2.24) is 14.7 Å². The van der Waals surface area contributed by atoms with Crippen LogP contribution in [-0.2, 0) is 20.2 Å². The van der Waals surface area contributed by atoms with E-state index in [1.807, 2.05) is 42.8 Å². The summed E-state index contributed by atoms with van der Waals surface area (Å²) in [5, 5.41) is 6.13. The number of ether oxygens (including phenoxy) is 2. The summed E-state index contributed by atoms with van der Waals surface area (Å²) in [4.78, 5) is 15.1. The number of halogens is 1. The van der Waals surface area contributed by atoms with Crippen LogP contribution >= 0.6 is 27.3 Å². The van der Waals surface area contributed by atoms with Gasteiger partial charge in [0.25, 0.3) is 5.91 Å². The van der Waals surface area contributed by atoms with Gasteiger partial charge in [-0.05, 0) is 51.6 Å². The van der Waals surface area contributed by atoms with Crippen molar-refractivity contribution in [2.75, 3.05) is 14.2 Å². The summed E-state index contributed by atoms with van der Waals surface area (Å²) in [6.45, 7) is 0.888. The highest BCUT2D eigenvalue weighted by Crippen LogP contribution is 2.22. The Bertz CT molecular complexity index is 901. The highest BCUT2D eigenvalue weighted by Gasteiger charge is 2.17. The summed E-state index contributed by atoms with van der Waals surface area (Å²) in [7, 11) is 5.27. The van der Waals surface area contributed by atoms with Crippen LogP contribution in [0.2, 0.25) is 0 Å². The van der Waals surface area contributed by atoms with Crippen molar-refractivity contribution in [2.45, 2.75) is 13.2 Å². The van der Waals surface area contributed by atoms with E-state index in [2.05, 4.69) is 21.0 Å². The highest BCUT2D eigenvalue weighted by atomic mass is 79.9. The van der Waals surface area contributed by atoms with Crippen molar-refractivity contribution in [3.63, 3.8) is 0 Å². The summed E-state index contributed by atoms with van der Waals surface area (Å²) >= 11 is 4.89. The molecule has 0 unspecified atom stereocenters. The Morgan fingerprint density at radius 1 is 1.30 bits per heavy atom. The van der Waals surface area contributed by atoms with Gasteiger partial charge in [0.1, 0.15) is 18.1 Å². The molecule has 0 aliphatic rings. The Kier molecular flexibility index (Phi) is 6.18. The first-order valence-corrected chi connectivity index (χ1v) is 9.91. The first-order valence-electron chi connectivity index (χ1n) is 8.24. The van der Waals surface area contributed by atoms with Crippen LogP contribution in [0.25, 0.3) is 0 Å². The molecular formula is C19H20BrN3O3S. The first kappa shape index (κ1) is 19.4. The molecule has 1 amide bonds. The zero-order chi connectivity index (χ0) is 19.4. The molecule has 142 valence electrons. The zero-order valence-corrected chi connectivity index (χ0v) is 17.7. The second-order valence-electron chi connectivity index (χ2n) is 6.01. The average molecular weight is 450 g/mol. The number of nitrogens with zero attached hydrogens (tertiary/aromatic N) is 3. The molecule has 3 rings (SSSR count). The van der Waals surface area contributed by atoms with Crippen molar-refractivity contribution in [3.05, 3.63) is 62.5 Å². The van der Waals surface area contributed by atoms with Crippen molar-refractivity contribution in [3.8, 4) is 11.5 Å².